The van der Waals surface area contributed by atoms with Crippen molar-refractivity contribution in [2.24, 2.45) is 22.7 Å². The molecule has 2 saturated carbocycles. The lowest BCUT2D eigenvalue weighted by Gasteiger charge is -2.60. The third kappa shape index (κ3) is 4.07. The highest BCUT2D eigenvalue weighted by Gasteiger charge is 2.57. The van der Waals surface area contributed by atoms with Gasteiger partial charge >= 0.3 is 5.97 Å². The van der Waals surface area contributed by atoms with Crippen LogP contribution in [0.3, 0.4) is 0 Å². The van der Waals surface area contributed by atoms with E-state index in [4.69, 9.17) is 4.74 Å². The molecule has 6 atom stereocenters. The van der Waals surface area contributed by atoms with Crippen LogP contribution in [0.15, 0.2) is 54.1 Å². The van der Waals surface area contributed by atoms with Gasteiger partial charge < -0.3 is 20.3 Å². The second-order valence-electron chi connectivity index (χ2n) is 10.4. The molecule has 1 heterocycles. The molecule has 1 aliphatic heterocycles. The number of rotatable bonds is 7. The average molecular weight is 440 g/mol. The molecule has 2 unspecified atom stereocenters. The molecule has 1 aromatic rings. The first-order chi connectivity index (χ1) is 15.3. The van der Waals surface area contributed by atoms with Crippen molar-refractivity contribution < 1.29 is 19.7 Å². The Bertz CT molecular complexity index is 881. The maximum Gasteiger partial charge on any atom is 0.335 e. The summed E-state index contributed by atoms with van der Waals surface area (Å²) in [6.45, 7) is 9.78. The standard InChI is InChI=1S/C27H37NO4/c1-18-9-10-23-26(2,13-11-24(30)27(23,3)17-29)21(18)15-22(20-12-14-32-25(20)31)28-16-19-7-5-4-6-8-19/h4-8,12,21-24,28-30H,1,9-11,13-17H2,2-3H3/t21-,22?,23?,24+,26+,27-/m0/s1. The summed E-state index contributed by atoms with van der Waals surface area (Å²) in [5, 5.41) is 24.7. The van der Waals surface area contributed by atoms with E-state index in [0.29, 0.717) is 25.1 Å². The molecule has 4 rings (SSSR count). The minimum absolute atomic E-state index is 0.0131. The van der Waals surface area contributed by atoms with Crippen molar-refractivity contribution in [1.29, 1.82) is 0 Å². The number of carbonyl (C=O) groups is 1. The van der Waals surface area contributed by atoms with E-state index in [0.717, 1.165) is 25.7 Å². The second kappa shape index (κ2) is 9.12. The lowest BCUT2D eigenvalue weighted by atomic mass is 9.46. The number of ether oxygens (including phenoxy) is 1. The zero-order chi connectivity index (χ0) is 22.9. The van der Waals surface area contributed by atoms with E-state index in [1.165, 1.54) is 11.1 Å². The van der Waals surface area contributed by atoms with Gasteiger partial charge in [-0.3, -0.25) is 0 Å². The predicted molar refractivity (Wildman–Crippen MR) is 125 cm³/mol. The first kappa shape index (κ1) is 23.2. The Morgan fingerprint density at radius 1 is 1.25 bits per heavy atom. The highest BCUT2D eigenvalue weighted by molar-refractivity contribution is 5.91. The van der Waals surface area contributed by atoms with Gasteiger partial charge in [-0.1, -0.05) is 56.3 Å². The highest BCUT2D eigenvalue weighted by Crippen LogP contribution is 2.61. The molecule has 174 valence electrons. The monoisotopic (exact) mass is 439 g/mol. The molecule has 3 N–H and O–H groups in total. The number of hydrogen-bond acceptors (Lipinski definition) is 5. The van der Waals surface area contributed by atoms with Crippen molar-refractivity contribution in [3.63, 3.8) is 0 Å². The van der Waals surface area contributed by atoms with Gasteiger partial charge in [0.25, 0.3) is 0 Å². The van der Waals surface area contributed by atoms with Gasteiger partial charge in [-0.2, -0.15) is 0 Å². The number of hydrogen-bond donors (Lipinski definition) is 3. The molecule has 3 aliphatic rings. The van der Waals surface area contributed by atoms with Gasteiger partial charge in [-0.05, 0) is 61.0 Å². The molecule has 0 bridgehead atoms. The molecule has 32 heavy (non-hydrogen) atoms. The van der Waals surface area contributed by atoms with Crippen LogP contribution in [0.5, 0.6) is 0 Å². The molecule has 0 spiro atoms. The highest BCUT2D eigenvalue weighted by atomic mass is 16.5. The van der Waals surface area contributed by atoms with Crippen LogP contribution in [-0.4, -0.2) is 41.5 Å². The van der Waals surface area contributed by atoms with Gasteiger partial charge in [-0.15, -0.1) is 0 Å². The summed E-state index contributed by atoms with van der Waals surface area (Å²) in [6, 6.07) is 10.1. The van der Waals surface area contributed by atoms with Crippen molar-refractivity contribution in [1.82, 2.24) is 5.32 Å². The number of fused-ring (bicyclic) bond motifs is 1. The molecule has 0 saturated heterocycles. The Morgan fingerprint density at radius 3 is 2.66 bits per heavy atom. The van der Waals surface area contributed by atoms with Crippen LogP contribution in [0.25, 0.3) is 0 Å². The Kier molecular flexibility index (Phi) is 6.62. The van der Waals surface area contributed by atoms with Crippen molar-refractivity contribution in [3.05, 3.63) is 59.7 Å². The van der Waals surface area contributed by atoms with Gasteiger partial charge in [0.1, 0.15) is 6.61 Å². The molecule has 2 fully saturated rings. The van der Waals surface area contributed by atoms with Gasteiger partial charge in [0.05, 0.1) is 18.3 Å². The molecule has 0 radical (unpaired) electrons. The quantitative estimate of drug-likeness (QED) is 0.445. The first-order valence-electron chi connectivity index (χ1n) is 11.9. The van der Waals surface area contributed by atoms with Crippen molar-refractivity contribution in [3.8, 4) is 0 Å². The van der Waals surface area contributed by atoms with Crippen LogP contribution in [0, 0.1) is 22.7 Å². The van der Waals surface area contributed by atoms with E-state index in [1.807, 2.05) is 31.2 Å². The van der Waals surface area contributed by atoms with Gasteiger partial charge in [-0.25, -0.2) is 4.79 Å². The van der Waals surface area contributed by atoms with Crippen LogP contribution >= 0.6 is 0 Å². The summed E-state index contributed by atoms with van der Waals surface area (Å²) < 4.78 is 5.25. The average Bonchev–Trinajstić information content (AvgIpc) is 3.22. The smallest absolute Gasteiger partial charge is 0.335 e. The molecule has 2 aliphatic carbocycles. The molecule has 0 aromatic heterocycles. The van der Waals surface area contributed by atoms with Crippen LogP contribution < -0.4 is 5.32 Å². The largest absolute Gasteiger partial charge is 0.458 e. The Morgan fingerprint density at radius 2 is 2.00 bits per heavy atom. The molecule has 5 heteroatoms. The minimum Gasteiger partial charge on any atom is -0.458 e. The fraction of sp³-hybridized carbons (Fsp3) is 0.593. The number of nitrogens with one attached hydrogen (secondary N) is 1. The van der Waals surface area contributed by atoms with Crippen molar-refractivity contribution >= 4 is 5.97 Å². The normalized spacial score (nSPS) is 35.8. The van der Waals surface area contributed by atoms with E-state index in [2.05, 4.69) is 31.0 Å². The van der Waals surface area contributed by atoms with Crippen molar-refractivity contribution in [2.45, 2.75) is 64.6 Å². The molecular formula is C27H37NO4. The second-order valence-corrected chi connectivity index (χ2v) is 10.4. The van der Waals surface area contributed by atoms with E-state index in [1.54, 1.807) is 0 Å². The molecule has 1 aromatic carbocycles. The van der Waals surface area contributed by atoms with Crippen LogP contribution in [0.2, 0.25) is 0 Å². The fourth-order valence-corrected chi connectivity index (χ4v) is 6.69. The maximum atomic E-state index is 12.5. The number of benzene rings is 1. The lowest BCUT2D eigenvalue weighted by molar-refractivity contribution is -0.153. The zero-order valence-corrected chi connectivity index (χ0v) is 19.3. The predicted octanol–water partition coefficient (Wildman–Crippen LogP) is 3.76. The van der Waals surface area contributed by atoms with E-state index in [-0.39, 0.29) is 35.9 Å². The lowest BCUT2D eigenvalue weighted by Crippen LogP contribution is -2.58. The molecule has 5 nitrogen and oxygen atoms in total. The summed E-state index contributed by atoms with van der Waals surface area (Å²) in [4.78, 5) is 12.5. The number of esters is 1. The van der Waals surface area contributed by atoms with E-state index < -0.39 is 11.5 Å². The Labute approximate surface area is 191 Å². The number of aliphatic hydroxyl groups is 2. The molecular weight excluding hydrogens is 402 g/mol. The topological polar surface area (TPSA) is 78.8 Å². The molecule has 0 amide bonds. The van der Waals surface area contributed by atoms with Gasteiger partial charge in [0, 0.05) is 18.0 Å². The van der Waals surface area contributed by atoms with E-state index in [9.17, 15) is 15.0 Å². The number of carbonyl (C=O) groups excluding carboxylic acids is 1. The third-order valence-corrected chi connectivity index (χ3v) is 8.69. The first-order valence-corrected chi connectivity index (χ1v) is 11.9. The van der Waals surface area contributed by atoms with Crippen LogP contribution in [-0.2, 0) is 16.1 Å². The Hall–Kier alpha value is -1.95. The van der Waals surface area contributed by atoms with Gasteiger partial charge in [0.2, 0.25) is 0 Å². The number of cyclic esters (lactones) is 1. The summed E-state index contributed by atoms with van der Waals surface area (Å²) in [6.07, 6.45) is 5.58. The Balaban J connectivity index is 1.61. The van der Waals surface area contributed by atoms with E-state index >= 15 is 0 Å². The summed E-state index contributed by atoms with van der Waals surface area (Å²) >= 11 is 0. The minimum atomic E-state index is -0.509. The van der Waals surface area contributed by atoms with Crippen LogP contribution in [0.1, 0.15) is 51.5 Å². The van der Waals surface area contributed by atoms with Crippen LogP contribution in [0.4, 0.5) is 0 Å². The SMILES string of the molecule is C=C1CCC2[C@](C)(CO)[C@H](O)CC[C@]2(C)[C@H]1CC(NCc1ccccc1)C1=CCOC1=O. The third-order valence-electron chi connectivity index (χ3n) is 8.69. The van der Waals surface area contributed by atoms with Gasteiger partial charge in [0.15, 0.2) is 0 Å². The summed E-state index contributed by atoms with van der Waals surface area (Å²) in [7, 11) is 0. The zero-order valence-electron chi connectivity index (χ0n) is 19.3. The van der Waals surface area contributed by atoms with Crippen molar-refractivity contribution in [2.75, 3.05) is 13.2 Å². The summed E-state index contributed by atoms with van der Waals surface area (Å²) in [5.41, 5.74) is 2.51. The number of allylic oxidation sites excluding steroid dienone is 1. The summed E-state index contributed by atoms with van der Waals surface area (Å²) in [5.74, 6) is 0.165. The maximum absolute atomic E-state index is 12.5. The fourth-order valence-electron chi connectivity index (χ4n) is 6.69. The number of aliphatic hydroxyl groups excluding tert-OH is 2.